The van der Waals surface area contributed by atoms with E-state index in [1.807, 2.05) is 0 Å². The summed E-state index contributed by atoms with van der Waals surface area (Å²) in [6.45, 7) is 2.10. The molecule has 0 radical (unpaired) electrons. The average Bonchev–Trinajstić information content (AvgIpc) is 2.80. The van der Waals surface area contributed by atoms with Gasteiger partial charge in [-0.3, -0.25) is 4.79 Å². The van der Waals surface area contributed by atoms with Crippen LogP contribution in [0.25, 0.3) is 0 Å². The molecule has 7 heteroatoms. The largest absolute Gasteiger partial charge is 0.392 e. The Morgan fingerprint density at radius 3 is 2.80 bits per heavy atom. The molecule has 0 aromatic heterocycles. The van der Waals surface area contributed by atoms with Gasteiger partial charge in [0.15, 0.2) is 0 Å². The van der Waals surface area contributed by atoms with Crippen LogP contribution in [0.2, 0.25) is 10.0 Å². The molecule has 1 aliphatic heterocycles. The molecule has 0 saturated carbocycles. The van der Waals surface area contributed by atoms with E-state index >= 15 is 0 Å². The number of nitrogens with one attached hydrogen (secondary N) is 2. The lowest BCUT2D eigenvalue weighted by Gasteiger charge is -2.19. The van der Waals surface area contributed by atoms with Crippen molar-refractivity contribution in [3.8, 4) is 0 Å². The van der Waals surface area contributed by atoms with E-state index in [2.05, 4.69) is 10.6 Å². The zero-order chi connectivity index (χ0) is 14.9. The smallest absolute Gasteiger partial charge is 0.237 e. The summed E-state index contributed by atoms with van der Waals surface area (Å²) in [5.74, 6) is -0.831. The molecule has 1 aromatic rings. The van der Waals surface area contributed by atoms with Gasteiger partial charge in [0.2, 0.25) is 5.91 Å². The highest BCUT2D eigenvalue weighted by atomic mass is 35.5. The van der Waals surface area contributed by atoms with E-state index in [1.165, 1.54) is 12.1 Å². The number of carbonyl (C=O) groups is 1. The molecule has 2 rings (SSSR count). The van der Waals surface area contributed by atoms with Gasteiger partial charge in [-0.25, -0.2) is 4.39 Å². The summed E-state index contributed by atoms with van der Waals surface area (Å²) in [5.41, 5.74) is 0.459. The Kier molecular flexibility index (Phi) is 4.86. The maximum Gasteiger partial charge on any atom is 0.237 e. The first-order valence-corrected chi connectivity index (χ1v) is 7.00. The minimum atomic E-state index is -0.582. The summed E-state index contributed by atoms with van der Waals surface area (Å²) >= 11 is 11.6. The lowest BCUT2D eigenvalue weighted by molar-refractivity contribution is -0.123. The maximum absolute atomic E-state index is 13.5. The summed E-state index contributed by atoms with van der Waals surface area (Å²) in [7, 11) is 0. The molecule has 3 N–H and O–H groups in total. The van der Waals surface area contributed by atoms with Gasteiger partial charge in [-0.15, -0.1) is 0 Å². The monoisotopic (exact) mass is 320 g/mol. The zero-order valence-electron chi connectivity index (χ0n) is 10.8. The number of amides is 1. The van der Waals surface area contributed by atoms with Gasteiger partial charge in [0.05, 0.1) is 23.2 Å². The molecule has 1 fully saturated rings. The number of halogens is 3. The molecule has 1 amide bonds. The predicted molar refractivity (Wildman–Crippen MR) is 75.4 cm³/mol. The fourth-order valence-electron chi connectivity index (χ4n) is 2.18. The van der Waals surface area contributed by atoms with E-state index in [4.69, 9.17) is 23.2 Å². The van der Waals surface area contributed by atoms with E-state index in [0.717, 1.165) is 0 Å². The Morgan fingerprint density at radius 2 is 2.20 bits per heavy atom. The Labute approximate surface area is 126 Å². The number of hydrogen-bond donors (Lipinski definition) is 3. The number of β-amino-alcohol motifs (C(OH)–C–C–N with tert-alkyl or cyclic N) is 1. The number of aliphatic hydroxyl groups is 1. The van der Waals surface area contributed by atoms with E-state index in [-0.39, 0.29) is 10.9 Å². The molecule has 3 atom stereocenters. The van der Waals surface area contributed by atoms with Crippen LogP contribution in [0.5, 0.6) is 0 Å². The minimum Gasteiger partial charge on any atom is -0.392 e. The van der Waals surface area contributed by atoms with Gasteiger partial charge in [-0.2, -0.15) is 0 Å². The highest BCUT2D eigenvalue weighted by Gasteiger charge is 2.29. The highest BCUT2D eigenvalue weighted by Crippen LogP contribution is 2.28. The third-order valence-electron chi connectivity index (χ3n) is 3.29. The number of rotatable bonds is 3. The Bertz CT molecular complexity index is 527. The van der Waals surface area contributed by atoms with Gasteiger partial charge >= 0.3 is 0 Å². The second kappa shape index (κ2) is 6.26. The van der Waals surface area contributed by atoms with E-state index < -0.39 is 24.0 Å². The van der Waals surface area contributed by atoms with Gasteiger partial charge in [-0.05, 0) is 31.0 Å². The molecular formula is C13H15Cl2FN2O2. The number of benzene rings is 1. The number of carbonyl (C=O) groups excluding carboxylic acids is 1. The third kappa shape index (κ3) is 3.41. The van der Waals surface area contributed by atoms with Gasteiger partial charge in [0.25, 0.3) is 0 Å². The molecule has 20 heavy (non-hydrogen) atoms. The van der Waals surface area contributed by atoms with Gasteiger partial charge < -0.3 is 15.7 Å². The molecule has 0 unspecified atom stereocenters. The van der Waals surface area contributed by atoms with Crippen LogP contribution in [0.15, 0.2) is 12.1 Å². The summed E-state index contributed by atoms with van der Waals surface area (Å²) in [6.07, 6.45) is -0.154. The number of aliphatic hydroxyl groups excluding tert-OH is 1. The molecule has 110 valence electrons. The van der Waals surface area contributed by atoms with Crippen LogP contribution < -0.4 is 10.6 Å². The van der Waals surface area contributed by atoms with Crippen molar-refractivity contribution in [2.24, 2.45) is 0 Å². The predicted octanol–water partition coefficient (Wildman–Crippen LogP) is 2.03. The molecule has 1 heterocycles. The molecule has 1 saturated heterocycles. The molecule has 0 aliphatic carbocycles. The standard InChI is InChI=1S/C13H15Cl2FN2O2/c1-6(8-3-11(16)10(15)4-9(8)14)18-13(20)12-2-7(19)5-17-12/h3-4,6-7,12,17,19H,2,5H2,1H3,(H,18,20)/t6-,7+,12+/m0/s1. The quantitative estimate of drug-likeness (QED) is 0.747. The topological polar surface area (TPSA) is 61.4 Å². The van der Waals surface area contributed by atoms with Crippen LogP contribution in [0.3, 0.4) is 0 Å². The summed E-state index contributed by atoms with van der Waals surface area (Å²) in [5, 5.41) is 15.3. The first-order chi connectivity index (χ1) is 9.38. The fraction of sp³-hybridized carbons (Fsp3) is 0.462. The van der Waals surface area contributed by atoms with Crippen molar-refractivity contribution in [3.05, 3.63) is 33.6 Å². The third-order valence-corrected chi connectivity index (χ3v) is 3.91. The average molecular weight is 321 g/mol. The van der Waals surface area contributed by atoms with Crippen molar-refractivity contribution in [2.75, 3.05) is 6.54 Å². The maximum atomic E-state index is 13.5. The van der Waals surface area contributed by atoms with Crippen LogP contribution in [0.4, 0.5) is 4.39 Å². The molecule has 1 aliphatic rings. The molecule has 0 spiro atoms. The van der Waals surface area contributed by atoms with Gasteiger partial charge in [0.1, 0.15) is 5.82 Å². The minimum absolute atomic E-state index is 0.0575. The van der Waals surface area contributed by atoms with Crippen LogP contribution >= 0.6 is 23.2 Å². The lowest BCUT2D eigenvalue weighted by Crippen LogP contribution is -2.41. The molecule has 1 aromatic carbocycles. The summed E-state index contributed by atoms with van der Waals surface area (Å²) in [4.78, 5) is 12.0. The summed E-state index contributed by atoms with van der Waals surface area (Å²) in [6, 6.07) is 1.63. The Balaban J connectivity index is 2.06. The zero-order valence-corrected chi connectivity index (χ0v) is 12.3. The van der Waals surface area contributed by atoms with E-state index in [0.29, 0.717) is 23.6 Å². The van der Waals surface area contributed by atoms with Crippen molar-refractivity contribution < 1.29 is 14.3 Å². The highest BCUT2D eigenvalue weighted by molar-refractivity contribution is 6.35. The van der Waals surface area contributed by atoms with Gasteiger partial charge in [-0.1, -0.05) is 23.2 Å². The fourth-order valence-corrected chi connectivity index (χ4v) is 2.73. The lowest BCUT2D eigenvalue weighted by atomic mass is 10.1. The van der Waals surface area contributed by atoms with E-state index in [9.17, 15) is 14.3 Å². The van der Waals surface area contributed by atoms with Crippen LogP contribution in [0, 0.1) is 5.82 Å². The van der Waals surface area contributed by atoms with Crippen molar-refractivity contribution >= 4 is 29.1 Å². The Hall–Kier alpha value is -0.880. The first kappa shape index (κ1) is 15.5. The molecule has 0 bridgehead atoms. The second-order valence-corrected chi connectivity index (χ2v) is 5.68. The molecular weight excluding hydrogens is 306 g/mol. The van der Waals surface area contributed by atoms with Crippen molar-refractivity contribution in [1.29, 1.82) is 0 Å². The van der Waals surface area contributed by atoms with Crippen LogP contribution in [0.1, 0.15) is 24.9 Å². The normalized spacial score (nSPS) is 23.6. The Morgan fingerprint density at radius 1 is 1.50 bits per heavy atom. The second-order valence-electron chi connectivity index (χ2n) is 4.87. The van der Waals surface area contributed by atoms with Gasteiger partial charge in [0, 0.05) is 11.6 Å². The van der Waals surface area contributed by atoms with Crippen molar-refractivity contribution in [2.45, 2.75) is 31.5 Å². The van der Waals surface area contributed by atoms with E-state index in [1.54, 1.807) is 6.92 Å². The van der Waals surface area contributed by atoms with Crippen LogP contribution in [-0.4, -0.2) is 29.7 Å². The first-order valence-electron chi connectivity index (χ1n) is 6.24. The summed E-state index contributed by atoms with van der Waals surface area (Å²) < 4.78 is 13.5. The van der Waals surface area contributed by atoms with Crippen molar-refractivity contribution in [1.82, 2.24) is 10.6 Å². The number of hydrogen-bond acceptors (Lipinski definition) is 3. The van der Waals surface area contributed by atoms with Crippen molar-refractivity contribution in [3.63, 3.8) is 0 Å². The SMILES string of the molecule is C[C@H](NC(=O)[C@H]1C[C@@H](O)CN1)c1cc(F)c(Cl)cc1Cl. The molecule has 4 nitrogen and oxygen atoms in total. The van der Waals surface area contributed by atoms with Crippen LogP contribution in [-0.2, 0) is 4.79 Å².